The van der Waals surface area contributed by atoms with E-state index in [1.807, 2.05) is 0 Å². The Hall–Kier alpha value is -3.42. The Bertz CT molecular complexity index is 787. The van der Waals surface area contributed by atoms with Crippen LogP contribution in [0.15, 0.2) is 42.5 Å². The fourth-order valence-corrected chi connectivity index (χ4v) is 1.95. The molecule has 0 atom stereocenters. The minimum Gasteiger partial charge on any atom is -0.462 e. The molecular formula is C16H15N3O5. The first kappa shape index (κ1) is 16.9. The standard InChI is InChI=1S/C16H15N3O5/c1-2-24-16(21)10-3-6-12(7-4-10)18-15(20)11-5-8-13(17)14(9-11)19(22)23/h3-9H,2,17H2,1H3,(H,18,20). The van der Waals surface area contributed by atoms with Crippen LogP contribution in [0.4, 0.5) is 17.1 Å². The number of nitrogen functional groups attached to an aromatic ring is 1. The lowest BCUT2D eigenvalue weighted by Crippen LogP contribution is -2.13. The molecule has 0 unspecified atom stereocenters. The number of nitrogens with zero attached hydrogens (tertiary/aromatic N) is 1. The number of ether oxygens (including phenoxy) is 1. The smallest absolute Gasteiger partial charge is 0.338 e. The molecule has 8 heteroatoms. The average molecular weight is 329 g/mol. The number of carbonyl (C=O) groups is 2. The summed E-state index contributed by atoms with van der Waals surface area (Å²) in [4.78, 5) is 33.9. The average Bonchev–Trinajstić information content (AvgIpc) is 2.55. The molecule has 0 aliphatic carbocycles. The van der Waals surface area contributed by atoms with E-state index in [4.69, 9.17) is 10.5 Å². The zero-order chi connectivity index (χ0) is 17.7. The van der Waals surface area contributed by atoms with Crippen LogP contribution in [0.1, 0.15) is 27.6 Å². The summed E-state index contributed by atoms with van der Waals surface area (Å²) in [6, 6.07) is 9.91. The summed E-state index contributed by atoms with van der Waals surface area (Å²) in [5.41, 5.74) is 6.04. The number of rotatable bonds is 5. The molecule has 0 saturated heterocycles. The molecule has 2 rings (SSSR count). The van der Waals surface area contributed by atoms with Crippen molar-refractivity contribution in [1.82, 2.24) is 0 Å². The van der Waals surface area contributed by atoms with Gasteiger partial charge in [-0.05, 0) is 43.3 Å². The third-order valence-electron chi connectivity index (χ3n) is 3.14. The van der Waals surface area contributed by atoms with Gasteiger partial charge in [-0.3, -0.25) is 14.9 Å². The Morgan fingerprint density at radius 3 is 2.38 bits per heavy atom. The number of nitro benzene ring substituents is 1. The highest BCUT2D eigenvalue weighted by atomic mass is 16.6. The number of carbonyl (C=O) groups excluding carboxylic acids is 2. The normalized spacial score (nSPS) is 10.0. The van der Waals surface area contributed by atoms with E-state index < -0.39 is 16.8 Å². The van der Waals surface area contributed by atoms with Crippen molar-refractivity contribution in [3.63, 3.8) is 0 Å². The van der Waals surface area contributed by atoms with Gasteiger partial charge in [0.05, 0.1) is 17.1 Å². The van der Waals surface area contributed by atoms with Gasteiger partial charge in [-0.15, -0.1) is 0 Å². The van der Waals surface area contributed by atoms with Gasteiger partial charge in [0.1, 0.15) is 5.69 Å². The Morgan fingerprint density at radius 2 is 1.79 bits per heavy atom. The van der Waals surface area contributed by atoms with Gasteiger partial charge in [-0.1, -0.05) is 0 Å². The number of amides is 1. The Morgan fingerprint density at radius 1 is 1.17 bits per heavy atom. The fraction of sp³-hybridized carbons (Fsp3) is 0.125. The molecule has 24 heavy (non-hydrogen) atoms. The van der Waals surface area contributed by atoms with E-state index in [-0.39, 0.29) is 23.5 Å². The molecule has 124 valence electrons. The van der Waals surface area contributed by atoms with E-state index in [0.29, 0.717) is 11.3 Å². The maximum absolute atomic E-state index is 12.2. The van der Waals surface area contributed by atoms with Crippen LogP contribution in [0, 0.1) is 10.1 Å². The van der Waals surface area contributed by atoms with Crippen molar-refractivity contribution < 1.29 is 19.2 Å². The van der Waals surface area contributed by atoms with Crippen molar-refractivity contribution in [2.75, 3.05) is 17.7 Å². The number of benzene rings is 2. The zero-order valence-corrected chi connectivity index (χ0v) is 12.8. The minimum atomic E-state index is -0.653. The number of hydrogen-bond acceptors (Lipinski definition) is 6. The molecule has 8 nitrogen and oxygen atoms in total. The third-order valence-corrected chi connectivity index (χ3v) is 3.14. The molecular weight excluding hydrogens is 314 g/mol. The Labute approximate surface area is 137 Å². The highest BCUT2D eigenvalue weighted by Gasteiger charge is 2.16. The summed E-state index contributed by atoms with van der Waals surface area (Å²) in [5, 5.41) is 13.4. The summed E-state index contributed by atoms with van der Waals surface area (Å²) < 4.78 is 4.86. The van der Waals surface area contributed by atoms with Crippen LogP contribution in [0.3, 0.4) is 0 Å². The van der Waals surface area contributed by atoms with Crippen molar-refractivity contribution in [2.24, 2.45) is 0 Å². The minimum absolute atomic E-state index is 0.0182. The Kier molecular flexibility index (Phi) is 5.10. The van der Waals surface area contributed by atoms with Crippen LogP contribution in [-0.2, 0) is 4.74 Å². The largest absolute Gasteiger partial charge is 0.462 e. The van der Waals surface area contributed by atoms with Crippen LogP contribution in [0.25, 0.3) is 0 Å². The van der Waals surface area contributed by atoms with Crippen LogP contribution in [0.2, 0.25) is 0 Å². The maximum atomic E-state index is 12.2. The van der Waals surface area contributed by atoms with Gasteiger partial charge in [0.2, 0.25) is 0 Å². The first-order chi connectivity index (χ1) is 11.4. The lowest BCUT2D eigenvalue weighted by Gasteiger charge is -2.07. The first-order valence-corrected chi connectivity index (χ1v) is 7.04. The number of hydrogen-bond donors (Lipinski definition) is 2. The molecule has 0 saturated carbocycles. The van der Waals surface area contributed by atoms with Crippen molar-refractivity contribution in [3.05, 3.63) is 63.7 Å². The van der Waals surface area contributed by atoms with Crippen molar-refractivity contribution in [2.45, 2.75) is 6.92 Å². The number of anilines is 2. The molecule has 1 amide bonds. The van der Waals surface area contributed by atoms with Crippen LogP contribution in [-0.4, -0.2) is 23.4 Å². The van der Waals surface area contributed by atoms with Crippen LogP contribution in [0.5, 0.6) is 0 Å². The molecule has 0 aliphatic rings. The molecule has 0 aliphatic heterocycles. The van der Waals surface area contributed by atoms with E-state index >= 15 is 0 Å². The molecule has 3 N–H and O–H groups in total. The van der Waals surface area contributed by atoms with Crippen LogP contribution >= 0.6 is 0 Å². The van der Waals surface area contributed by atoms with Gasteiger partial charge in [-0.2, -0.15) is 0 Å². The van der Waals surface area contributed by atoms with Gasteiger partial charge in [0, 0.05) is 17.3 Å². The third kappa shape index (κ3) is 3.86. The Balaban J connectivity index is 2.14. The van der Waals surface area contributed by atoms with Crippen molar-refractivity contribution >= 4 is 28.9 Å². The highest BCUT2D eigenvalue weighted by Crippen LogP contribution is 2.23. The summed E-state index contributed by atoms with van der Waals surface area (Å²) in [6.45, 7) is 1.98. The van der Waals surface area contributed by atoms with E-state index in [2.05, 4.69) is 5.32 Å². The SMILES string of the molecule is CCOC(=O)c1ccc(NC(=O)c2ccc(N)c([N+](=O)[O-])c2)cc1. The van der Waals surface area contributed by atoms with Gasteiger partial charge in [0.15, 0.2) is 0 Å². The van der Waals surface area contributed by atoms with E-state index in [0.717, 1.165) is 6.07 Å². The summed E-state index contributed by atoms with van der Waals surface area (Å²) >= 11 is 0. The van der Waals surface area contributed by atoms with Crippen LogP contribution < -0.4 is 11.1 Å². The number of nitro groups is 1. The molecule has 0 heterocycles. The van der Waals surface area contributed by atoms with Crippen molar-refractivity contribution in [1.29, 1.82) is 0 Å². The van der Waals surface area contributed by atoms with Gasteiger partial charge in [0.25, 0.3) is 11.6 Å². The molecule has 0 aromatic heterocycles. The quantitative estimate of drug-likeness (QED) is 0.376. The highest BCUT2D eigenvalue weighted by molar-refractivity contribution is 6.05. The van der Waals surface area contributed by atoms with E-state index in [1.165, 1.54) is 36.4 Å². The van der Waals surface area contributed by atoms with E-state index in [9.17, 15) is 19.7 Å². The van der Waals surface area contributed by atoms with Gasteiger partial charge in [-0.25, -0.2) is 4.79 Å². The predicted octanol–water partition coefficient (Wildman–Crippen LogP) is 2.61. The fourth-order valence-electron chi connectivity index (χ4n) is 1.95. The molecule has 0 spiro atoms. The van der Waals surface area contributed by atoms with E-state index in [1.54, 1.807) is 6.92 Å². The van der Waals surface area contributed by atoms with Gasteiger partial charge < -0.3 is 15.8 Å². The second-order valence-corrected chi connectivity index (χ2v) is 4.78. The van der Waals surface area contributed by atoms with Gasteiger partial charge >= 0.3 is 5.97 Å². The first-order valence-electron chi connectivity index (χ1n) is 7.04. The maximum Gasteiger partial charge on any atom is 0.338 e. The lowest BCUT2D eigenvalue weighted by molar-refractivity contribution is -0.383. The molecule has 2 aromatic rings. The topological polar surface area (TPSA) is 125 Å². The molecule has 0 radical (unpaired) electrons. The second-order valence-electron chi connectivity index (χ2n) is 4.78. The monoisotopic (exact) mass is 329 g/mol. The number of nitrogens with one attached hydrogen (secondary N) is 1. The number of esters is 1. The summed E-state index contributed by atoms with van der Waals surface area (Å²) in [7, 11) is 0. The summed E-state index contributed by atoms with van der Waals surface area (Å²) in [5.74, 6) is -0.980. The molecule has 2 aromatic carbocycles. The predicted molar refractivity (Wildman–Crippen MR) is 87.9 cm³/mol. The number of nitrogens with two attached hydrogens (primary N) is 1. The van der Waals surface area contributed by atoms with Crippen molar-refractivity contribution in [3.8, 4) is 0 Å². The second kappa shape index (κ2) is 7.23. The molecule has 0 bridgehead atoms. The summed E-state index contributed by atoms with van der Waals surface area (Å²) in [6.07, 6.45) is 0. The zero-order valence-electron chi connectivity index (χ0n) is 12.8. The molecule has 0 fully saturated rings. The lowest BCUT2D eigenvalue weighted by atomic mass is 10.1.